The Kier molecular flexibility index (Phi) is 3.06. The van der Waals surface area contributed by atoms with Crippen molar-refractivity contribution in [2.75, 3.05) is 6.54 Å². The summed E-state index contributed by atoms with van der Waals surface area (Å²) in [4.78, 5) is 15.8. The van der Waals surface area contributed by atoms with Crippen molar-refractivity contribution < 1.29 is 9.92 Å². The molecule has 0 aromatic heterocycles. The largest absolute Gasteiger partial charge is 0.330 e. The highest BCUT2D eigenvalue weighted by Gasteiger charge is 2.51. The zero-order chi connectivity index (χ0) is 12.7. The summed E-state index contributed by atoms with van der Waals surface area (Å²) in [6.07, 6.45) is 4.57. The summed E-state index contributed by atoms with van der Waals surface area (Å²) in [5.41, 5.74) is 5.27. The maximum absolute atomic E-state index is 10.7. The number of fused-ring (bicyclic) bond motifs is 2. The van der Waals surface area contributed by atoms with Gasteiger partial charge in [-0.15, -0.1) is 10.1 Å². The molecule has 5 heteroatoms. The average molecular weight is 242 g/mol. The van der Waals surface area contributed by atoms with Gasteiger partial charge in [0.05, 0.1) is 0 Å². The summed E-state index contributed by atoms with van der Waals surface area (Å²) in [6.45, 7) is 4.88. The van der Waals surface area contributed by atoms with Crippen molar-refractivity contribution >= 4 is 0 Å². The van der Waals surface area contributed by atoms with Crippen LogP contribution in [0.5, 0.6) is 0 Å². The lowest BCUT2D eigenvalue weighted by Gasteiger charge is -2.52. The van der Waals surface area contributed by atoms with E-state index in [0.29, 0.717) is 18.4 Å². The maximum Gasteiger partial charge on any atom is 0.295 e. The molecule has 2 fully saturated rings. The lowest BCUT2D eigenvalue weighted by atomic mass is 9.57. The molecule has 0 aliphatic heterocycles. The summed E-state index contributed by atoms with van der Waals surface area (Å²) in [6, 6.07) is 0. The van der Waals surface area contributed by atoms with Gasteiger partial charge in [-0.05, 0) is 55.9 Å². The van der Waals surface area contributed by atoms with E-state index < -0.39 is 10.7 Å². The smallest absolute Gasteiger partial charge is 0.295 e. The van der Waals surface area contributed by atoms with Gasteiger partial charge in [-0.1, -0.05) is 13.8 Å². The first-order chi connectivity index (χ1) is 7.86. The predicted molar refractivity (Wildman–Crippen MR) is 63.7 cm³/mol. The summed E-state index contributed by atoms with van der Waals surface area (Å²) in [5, 5.41) is 10.1. The molecule has 2 aliphatic rings. The van der Waals surface area contributed by atoms with Gasteiger partial charge in [-0.2, -0.15) is 0 Å². The van der Waals surface area contributed by atoms with Gasteiger partial charge in [0.15, 0.2) is 0 Å². The lowest BCUT2D eigenvalue weighted by Crippen LogP contribution is -2.52. The summed E-state index contributed by atoms with van der Waals surface area (Å²) >= 11 is 0. The van der Waals surface area contributed by atoms with E-state index in [4.69, 9.17) is 10.6 Å². The molecule has 2 N–H and O–H groups in total. The Balaban J connectivity index is 2.22. The Morgan fingerprint density at radius 1 is 1.47 bits per heavy atom. The van der Waals surface area contributed by atoms with E-state index in [1.807, 2.05) is 0 Å². The van der Waals surface area contributed by atoms with Gasteiger partial charge >= 0.3 is 0 Å². The van der Waals surface area contributed by atoms with Gasteiger partial charge in [-0.3, -0.25) is 0 Å². The molecule has 0 aromatic carbocycles. The van der Waals surface area contributed by atoms with E-state index in [-0.39, 0.29) is 5.41 Å². The van der Waals surface area contributed by atoms with Crippen LogP contribution in [0.2, 0.25) is 0 Å². The first kappa shape index (κ1) is 12.6. The second-order valence-electron chi connectivity index (χ2n) is 6.51. The van der Waals surface area contributed by atoms with E-state index >= 15 is 0 Å². The molecule has 17 heavy (non-hydrogen) atoms. The normalized spacial score (nSPS) is 45.4. The third-order valence-corrected chi connectivity index (χ3v) is 4.41. The second-order valence-corrected chi connectivity index (χ2v) is 6.51. The molecule has 0 radical (unpaired) electrons. The summed E-state index contributed by atoms with van der Waals surface area (Å²) in [5.74, 6) is 1.04. The minimum absolute atomic E-state index is 0.000926. The van der Waals surface area contributed by atoms with Crippen LogP contribution >= 0.6 is 0 Å². The SMILES string of the molecule is CC1CC2CC(C)(CN)CC(O[N+](=O)[O-])(C1)C2. The fourth-order valence-corrected chi connectivity index (χ4v) is 4.25. The Bertz CT molecular complexity index is 319. The van der Waals surface area contributed by atoms with Crippen molar-refractivity contribution in [3.8, 4) is 0 Å². The van der Waals surface area contributed by atoms with Crippen LogP contribution in [0.4, 0.5) is 0 Å². The molecular formula is C12H22N2O3. The van der Waals surface area contributed by atoms with E-state index in [1.165, 1.54) is 0 Å². The summed E-state index contributed by atoms with van der Waals surface area (Å²) in [7, 11) is 0. The third kappa shape index (κ3) is 2.54. The number of hydrogen-bond acceptors (Lipinski definition) is 4. The first-order valence-corrected chi connectivity index (χ1v) is 6.40. The topological polar surface area (TPSA) is 78.4 Å². The van der Waals surface area contributed by atoms with Gasteiger partial charge in [0.2, 0.25) is 0 Å². The Hall–Kier alpha value is -0.840. The van der Waals surface area contributed by atoms with E-state index in [2.05, 4.69) is 13.8 Å². The second kappa shape index (κ2) is 4.12. The van der Waals surface area contributed by atoms with Gasteiger partial charge in [0.1, 0.15) is 5.60 Å². The lowest BCUT2D eigenvalue weighted by molar-refractivity contribution is -0.784. The molecule has 2 rings (SSSR count). The highest BCUT2D eigenvalue weighted by Crippen LogP contribution is 2.53. The maximum atomic E-state index is 10.7. The molecule has 2 bridgehead atoms. The molecule has 0 heterocycles. The number of rotatable bonds is 3. The molecule has 0 saturated heterocycles. The number of nitrogens with zero attached hydrogens (tertiary/aromatic N) is 1. The molecule has 2 aliphatic carbocycles. The van der Waals surface area contributed by atoms with E-state index in [1.54, 1.807) is 0 Å². The summed E-state index contributed by atoms with van der Waals surface area (Å²) < 4.78 is 0. The quantitative estimate of drug-likeness (QED) is 0.607. The third-order valence-electron chi connectivity index (χ3n) is 4.41. The van der Waals surface area contributed by atoms with Gasteiger partial charge in [0.25, 0.3) is 5.09 Å². The predicted octanol–water partition coefficient (Wildman–Crippen LogP) is 2.13. The van der Waals surface area contributed by atoms with Crippen LogP contribution in [0.25, 0.3) is 0 Å². The van der Waals surface area contributed by atoms with E-state index in [0.717, 1.165) is 32.1 Å². The Morgan fingerprint density at radius 3 is 2.76 bits per heavy atom. The van der Waals surface area contributed by atoms with Gasteiger partial charge in [0, 0.05) is 0 Å². The van der Waals surface area contributed by atoms with Crippen molar-refractivity contribution in [3.05, 3.63) is 10.1 Å². The Labute approximate surface area is 102 Å². The molecule has 0 spiro atoms. The fourth-order valence-electron chi connectivity index (χ4n) is 4.25. The van der Waals surface area contributed by atoms with Crippen molar-refractivity contribution in [1.29, 1.82) is 0 Å². The number of nitrogens with two attached hydrogens (primary N) is 1. The Morgan fingerprint density at radius 2 is 2.18 bits per heavy atom. The molecule has 0 aromatic rings. The van der Waals surface area contributed by atoms with Crippen LogP contribution < -0.4 is 5.73 Å². The van der Waals surface area contributed by atoms with Crippen LogP contribution in [-0.4, -0.2) is 17.2 Å². The first-order valence-electron chi connectivity index (χ1n) is 6.40. The van der Waals surface area contributed by atoms with Crippen molar-refractivity contribution in [2.45, 2.75) is 51.6 Å². The zero-order valence-electron chi connectivity index (χ0n) is 10.6. The minimum Gasteiger partial charge on any atom is -0.330 e. The highest BCUT2D eigenvalue weighted by atomic mass is 17.0. The molecule has 4 atom stereocenters. The molecule has 5 nitrogen and oxygen atoms in total. The van der Waals surface area contributed by atoms with Crippen LogP contribution in [0.1, 0.15) is 46.0 Å². The zero-order valence-corrected chi connectivity index (χ0v) is 10.6. The van der Waals surface area contributed by atoms with Crippen LogP contribution in [0.3, 0.4) is 0 Å². The van der Waals surface area contributed by atoms with Gasteiger partial charge < -0.3 is 10.6 Å². The fraction of sp³-hybridized carbons (Fsp3) is 1.00. The molecular weight excluding hydrogens is 220 g/mol. The molecule has 2 saturated carbocycles. The van der Waals surface area contributed by atoms with Crippen molar-refractivity contribution in [2.24, 2.45) is 23.0 Å². The highest BCUT2D eigenvalue weighted by molar-refractivity contribution is 5.01. The van der Waals surface area contributed by atoms with Crippen molar-refractivity contribution in [1.82, 2.24) is 0 Å². The monoisotopic (exact) mass is 242 g/mol. The molecule has 0 amide bonds. The van der Waals surface area contributed by atoms with Crippen LogP contribution in [-0.2, 0) is 4.84 Å². The van der Waals surface area contributed by atoms with E-state index in [9.17, 15) is 10.1 Å². The van der Waals surface area contributed by atoms with Crippen LogP contribution in [0.15, 0.2) is 0 Å². The average Bonchev–Trinajstić information content (AvgIpc) is 2.12. The minimum atomic E-state index is -0.614. The van der Waals surface area contributed by atoms with Crippen molar-refractivity contribution in [3.63, 3.8) is 0 Å². The molecule has 98 valence electrons. The standard InChI is InChI=1S/C12H22N2O3/c1-9-3-10-5-11(2,8-13)7-12(4-9,6-10)17-14(15)16/h9-10H,3-8,13H2,1-2H3. The molecule has 4 unspecified atom stereocenters. The van der Waals surface area contributed by atoms with Crippen LogP contribution in [0, 0.1) is 27.4 Å². The number of hydrogen-bond donors (Lipinski definition) is 1. The van der Waals surface area contributed by atoms with Gasteiger partial charge in [-0.25, -0.2) is 0 Å².